The van der Waals surface area contributed by atoms with Gasteiger partial charge in [-0.2, -0.15) is 4.31 Å². The molecule has 0 saturated carbocycles. The first-order valence-electron chi connectivity index (χ1n) is 8.15. The molecular weight excluding hydrogens is 382 g/mol. The highest BCUT2D eigenvalue weighted by Gasteiger charge is 2.33. The van der Waals surface area contributed by atoms with Gasteiger partial charge in [-0.25, -0.2) is 17.2 Å². The molecule has 2 aromatic rings. The van der Waals surface area contributed by atoms with Crippen molar-refractivity contribution >= 4 is 27.3 Å². The van der Waals surface area contributed by atoms with E-state index in [1.807, 2.05) is 18.4 Å². The third-order valence-electron chi connectivity index (χ3n) is 4.36. The lowest BCUT2D eigenvalue weighted by Gasteiger charge is -2.34. The second-order valence-corrected chi connectivity index (χ2v) is 8.72. The van der Waals surface area contributed by atoms with E-state index in [4.69, 9.17) is 0 Å². The number of aryl methyl sites for hydroxylation is 1. The van der Waals surface area contributed by atoms with Crippen molar-refractivity contribution in [3.63, 3.8) is 0 Å². The van der Waals surface area contributed by atoms with Crippen LogP contribution in [0.5, 0.6) is 0 Å². The van der Waals surface area contributed by atoms with Crippen LogP contribution in [0, 0.1) is 11.6 Å². The van der Waals surface area contributed by atoms with E-state index in [1.165, 1.54) is 11.3 Å². The Bertz CT molecular complexity index is 920. The third kappa shape index (κ3) is 3.51. The third-order valence-corrected chi connectivity index (χ3v) is 7.22. The second-order valence-electron chi connectivity index (χ2n) is 5.90. The summed E-state index contributed by atoms with van der Waals surface area (Å²) in [5, 5.41) is 1.86. The molecule has 0 bridgehead atoms. The van der Waals surface area contributed by atoms with Gasteiger partial charge in [-0.15, -0.1) is 11.3 Å². The average molecular weight is 400 g/mol. The predicted octanol–water partition coefficient (Wildman–Crippen LogP) is 2.74. The Labute approximate surface area is 154 Å². The summed E-state index contributed by atoms with van der Waals surface area (Å²) in [6.45, 7) is 2.46. The van der Waals surface area contributed by atoms with Crippen LogP contribution in [0.25, 0.3) is 0 Å². The molecular formula is C17H18F2N2O3S2. The number of sulfonamides is 1. The highest BCUT2D eigenvalue weighted by atomic mass is 32.2. The lowest BCUT2D eigenvalue weighted by atomic mass is 10.2. The average Bonchev–Trinajstić information content (AvgIpc) is 3.12. The first-order chi connectivity index (χ1) is 12.3. The maximum atomic E-state index is 13.9. The summed E-state index contributed by atoms with van der Waals surface area (Å²) < 4.78 is 53.5. The summed E-state index contributed by atoms with van der Waals surface area (Å²) in [7, 11) is -4.15. The highest BCUT2D eigenvalue weighted by Crippen LogP contribution is 2.24. The summed E-state index contributed by atoms with van der Waals surface area (Å²) in [5.74, 6) is -1.93. The Morgan fingerprint density at radius 3 is 2.50 bits per heavy atom. The number of nitrogens with zero attached hydrogens (tertiary/aromatic N) is 2. The van der Waals surface area contributed by atoms with Gasteiger partial charge in [0.2, 0.25) is 10.0 Å². The van der Waals surface area contributed by atoms with Crippen molar-refractivity contribution in [3.05, 3.63) is 51.7 Å². The van der Waals surface area contributed by atoms with Crippen molar-refractivity contribution in [1.29, 1.82) is 0 Å². The van der Waals surface area contributed by atoms with Gasteiger partial charge in [0.25, 0.3) is 5.91 Å². The van der Waals surface area contributed by atoms with Crippen LogP contribution in [-0.2, 0) is 16.4 Å². The Morgan fingerprint density at radius 1 is 1.15 bits per heavy atom. The van der Waals surface area contributed by atoms with Gasteiger partial charge in [-0.1, -0.05) is 6.92 Å². The van der Waals surface area contributed by atoms with Crippen LogP contribution in [0.3, 0.4) is 0 Å². The molecule has 1 fully saturated rings. The van der Waals surface area contributed by atoms with Gasteiger partial charge >= 0.3 is 0 Å². The molecule has 1 aromatic heterocycles. The molecule has 0 atom stereocenters. The fourth-order valence-corrected chi connectivity index (χ4v) is 5.35. The summed E-state index contributed by atoms with van der Waals surface area (Å²) in [6.07, 6.45) is 0.748. The van der Waals surface area contributed by atoms with Crippen LogP contribution in [0.1, 0.15) is 22.2 Å². The maximum Gasteiger partial charge on any atom is 0.264 e. The molecule has 0 radical (unpaired) electrons. The van der Waals surface area contributed by atoms with Crippen molar-refractivity contribution in [2.24, 2.45) is 0 Å². The number of hydrogen-bond acceptors (Lipinski definition) is 4. The molecule has 0 unspecified atom stereocenters. The molecule has 1 aromatic carbocycles. The predicted molar refractivity (Wildman–Crippen MR) is 94.7 cm³/mol. The monoisotopic (exact) mass is 400 g/mol. The van der Waals surface area contributed by atoms with Gasteiger partial charge in [-0.3, -0.25) is 4.79 Å². The molecule has 1 aliphatic rings. The van der Waals surface area contributed by atoms with E-state index in [9.17, 15) is 22.0 Å². The largest absolute Gasteiger partial charge is 0.335 e. The van der Waals surface area contributed by atoms with Gasteiger partial charge < -0.3 is 4.90 Å². The molecule has 5 nitrogen and oxygen atoms in total. The van der Waals surface area contributed by atoms with E-state index < -0.39 is 26.6 Å². The van der Waals surface area contributed by atoms with E-state index >= 15 is 0 Å². The quantitative estimate of drug-likeness (QED) is 0.793. The first kappa shape index (κ1) is 18.9. The van der Waals surface area contributed by atoms with E-state index in [-0.39, 0.29) is 32.1 Å². The molecule has 9 heteroatoms. The van der Waals surface area contributed by atoms with E-state index in [0.29, 0.717) is 10.9 Å². The van der Waals surface area contributed by atoms with Crippen LogP contribution in [0.2, 0.25) is 0 Å². The number of carbonyl (C=O) groups is 1. The molecule has 0 spiro atoms. The zero-order valence-electron chi connectivity index (χ0n) is 14.1. The van der Waals surface area contributed by atoms with E-state index in [0.717, 1.165) is 28.4 Å². The minimum absolute atomic E-state index is 0.0386. The zero-order chi connectivity index (χ0) is 18.9. The number of thiophene rings is 1. The smallest absolute Gasteiger partial charge is 0.264 e. The van der Waals surface area contributed by atoms with E-state index in [2.05, 4.69) is 0 Å². The number of hydrogen-bond donors (Lipinski definition) is 0. The topological polar surface area (TPSA) is 57.7 Å². The Hall–Kier alpha value is -1.84. The van der Waals surface area contributed by atoms with Gasteiger partial charge in [0.15, 0.2) is 0 Å². The second kappa shape index (κ2) is 7.42. The Kier molecular flexibility index (Phi) is 5.40. The SMILES string of the molecule is CCc1ccsc1C(=O)N1CCN(S(=O)(=O)c2cc(F)ccc2F)CC1. The van der Waals surface area contributed by atoms with Crippen LogP contribution in [0.4, 0.5) is 8.78 Å². The molecule has 26 heavy (non-hydrogen) atoms. The molecule has 0 aliphatic carbocycles. The number of benzene rings is 1. The minimum atomic E-state index is -4.15. The number of amides is 1. The van der Waals surface area contributed by atoms with Gasteiger partial charge in [0.1, 0.15) is 16.5 Å². The number of halogens is 2. The standard InChI is InChI=1S/C17H18F2N2O3S2/c1-2-12-5-10-25-16(12)17(22)20-6-8-21(9-7-20)26(23,24)15-11-13(18)3-4-14(15)19/h3-5,10-11H,2,6-9H2,1H3. The van der Waals surface area contributed by atoms with Gasteiger partial charge in [-0.05, 0) is 41.6 Å². The van der Waals surface area contributed by atoms with Crippen molar-refractivity contribution in [2.45, 2.75) is 18.2 Å². The lowest BCUT2D eigenvalue weighted by molar-refractivity contribution is 0.0701. The molecule has 140 valence electrons. The van der Waals surface area contributed by atoms with Gasteiger partial charge in [0, 0.05) is 26.2 Å². The van der Waals surface area contributed by atoms with E-state index in [1.54, 1.807) is 4.90 Å². The molecule has 0 N–H and O–H groups in total. The van der Waals surface area contributed by atoms with Crippen molar-refractivity contribution in [1.82, 2.24) is 9.21 Å². The Morgan fingerprint density at radius 2 is 1.85 bits per heavy atom. The lowest BCUT2D eigenvalue weighted by Crippen LogP contribution is -2.50. The van der Waals surface area contributed by atoms with Crippen molar-refractivity contribution < 1.29 is 22.0 Å². The van der Waals surface area contributed by atoms with Crippen LogP contribution < -0.4 is 0 Å². The molecule has 2 heterocycles. The summed E-state index contributed by atoms with van der Waals surface area (Å²) in [6, 6.07) is 4.26. The summed E-state index contributed by atoms with van der Waals surface area (Å²) >= 11 is 1.37. The van der Waals surface area contributed by atoms with Crippen LogP contribution in [0.15, 0.2) is 34.5 Å². The molecule has 1 amide bonds. The minimum Gasteiger partial charge on any atom is -0.335 e. The summed E-state index contributed by atoms with van der Waals surface area (Å²) in [4.78, 5) is 14.2. The first-order valence-corrected chi connectivity index (χ1v) is 10.5. The summed E-state index contributed by atoms with van der Waals surface area (Å²) in [5.41, 5.74) is 0.969. The molecule has 1 aliphatic heterocycles. The highest BCUT2D eigenvalue weighted by molar-refractivity contribution is 7.89. The molecule has 3 rings (SSSR count). The maximum absolute atomic E-state index is 13.9. The van der Waals surface area contributed by atoms with Crippen molar-refractivity contribution in [2.75, 3.05) is 26.2 Å². The fourth-order valence-electron chi connectivity index (χ4n) is 2.89. The number of carbonyl (C=O) groups excluding carboxylic acids is 1. The normalized spacial score (nSPS) is 16.0. The fraction of sp³-hybridized carbons (Fsp3) is 0.353. The van der Waals surface area contributed by atoms with Crippen LogP contribution >= 0.6 is 11.3 Å². The molecule has 1 saturated heterocycles. The zero-order valence-corrected chi connectivity index (χ0v) is 15.7. The number of rotatable bonds is 4. The Balaban J connectivity index is 1.74. The van der Waals surface area contributed by atoms with Crippen LogP contribution in [-0.4, -0.2) is 49.7 Å². The van der Waals surface area contributed by atoms with Gasteiger partial charge in [0.05, 0.1) is 4.88 Å². The number of piperazine rings is 1. The van der Waals surface area contributed by atoms with Crippen molar-refractivity contribution in [3.8, 4) is 0 Å².